The van der Waals surface area contributed by atoms with Crippen molar-refractivity contribution in [1.82, 2.24) is 9.05 Å². The van der Waals surface area contributed by atoms with Gasteiger partial charge in [0.1, 0.15) is 22.3 Å². The van der Waals surface area contributed by atoms with E-state index in [-0.39, 0.29) is 6.85 Å². The fourth-order valence-corrected chi connectivity index (χ4v) is 10.4. The van der Waals surface area contributed by atoms with Crippen molar-refractivity contribution in [2.75, 3.05) is 0 Å². The van der Waals surface area contributed by atoms with Crippen molar-refractivity contribution in [1.29, 1.82) is 0 Å². The van der Waals surface area contributed by atoms with Crippen LogP contribution in [0, 0.1) is 0 Å². The fraction of sp³-hybridized carbons (Fsp3) is 0. The highest BCUT2D eigenvalue weighted by Gasteiger charge is 2.38. The number of para-hydroxylation sites is 3. The number of nitrogens with zero attached hydrogens (tertiary/aromatic N) is 2. The first-order chi connectivity index (χ1) is 29.3. The molecule has 0 atom stereocenters. The van der Waals surface area contributed by atoms with E-state index in [1.165, 1.54) is 55.0 Å². The zero-order valence-electron chi connectivity index (χ0n) is 31.7. The smallest absolute Gasteiger partial charge is 0.332 e. The van der Waals surface area contributed by atoms with Gasteiger partial charge in [-0.15, -0.1) is 0 Å². The van der Waals surface area contributed by atoms with Crippen LogP contribution < -0.4 is 10.9 Å². The van der Waals surface area contributed by atoms with Crippen LogP contribution in [0.2, 0.25) is 0 Å². The number of rotatable bonds is 3. The fourth-order valence-electron chi connectivity index (χ4n) is 10.4. The second kappa shape index (κ2) is 11.4. The first-order valence-corrected chi connectivity index (χ1v) is 20.3. The maximum absolute atomic E-state index is 6.96. The molecule has 13 aromatic rings. The van der Waals surface area contributed by atoms with E-state index in [1.807, 2.05) is 6.07 Å². The SMILES string of the molecule is c1ccc(-c2ccc3c4ccc(-c5ccccc5)cc4n(B4c5ccccc5-n5c6ccc7c8ccccc8oc7c6c6c7oc8ccccc8c7cc4c65)c3c2)cc1. The highest BCUT2D eigenvalue weighted by atomic mass is 16.3. The van der Waals surface area contributed by atoms with E-state index in [2.05, 4.69) is 191 Å². The van der Waals surface area contributed by atoms with Crippen LogP contribution in [0.3, 0.4) is 0 Å². The standard InChI is InChI=1S/C54H31BN2O2/c1-3-13-32(14-4-1)34-23-25-36-37-26-24-35(33-15-5-2-6-16-33)30-47(37)57(46(36)29-34)55-42-19-9-10-20-44(42)56-45-28-27-40-38-17-7-11-21-48(38)58-53(40)50(45)51-52(56)43(55)31-41-39-18-8-12-22-49(39)59-54(41)51/h1-31H. The summed E-state index contributed by atoms with van der Waals surface area (Å²) in [6.45, 7) is -0.174. The number of hydrogen-bond acceptors (Lipinski definition) is 2. The molecular formula is C54H31BN2O2. The van der Waals surface area contributed by atoms with E-state index >= 15 is 0 Å². The van der Waals surface area contributed by atoms with Crippen LogP contribution in [0.5, 0.6) is 0 Å². The molecule has 59 heavy (non-hydrogen) atoms. The van der Waals surface area contributed by atoms with Crippen LogP contribution >= 0.6 is 0 Å². The van der Waals surface area contributed by atoms with E-state index < -0.39 is 0 Å². The van der Waals surface area contributed by atoms with Crippen molar-refractivity contribution in [3.8, 4) is 27.9 Å². The summed E-state index contributed by atoms with van der Waals surface area (Å²) >= 11 is 0. The molecule has 0 unspecified atom stereocenters. The third-order valence-corrected chi connectivity index (χ3v) is 13.0. The molecule has 14 rings (SSSR count). The molecule has 0 radical (unpaired) electrons. The van der Waals surface area contributed by atoms with E-state index in [9.17, 15) is 0 Å². The van der Waals surface area contributed by atoms with Gasteiger partial charge in [0.05, 0.1) is 21.8 Å². The van der Waals surface area contributed by atoms with E-state index in [0.717, 1.165) is 71.4 Å². The predicted octanol–water partition coefficient (Wildman–Crippen LogP) is 13.0. The van der Waals surface area contributed by atoms with Crippen LogP contribution in [-0.4, -0.2) is 15.9 Å². The van der Waals surface area contributed by atoms with Gasteiger partial charge in [-0.25, -0.2) is 0 Å². The quantitative estimate of drug-likeness (QED) is 0.169. The molecule has 0 bridgehead atoms. The molecule has 0 saturated carbocycles. The van der Waals surface area contributed by atoms with Gasteiger partial charge >= 0.3 is 6.85 Å². The van der Waals surface area contributed by atoms with Crippen molar-refractivity contribution < 1.29 is 8.83 Å². The van der Waals surface area contributed by atoms with Gasteiger partial charge in [-0.2, -0.15) is 0 Å². The maximum atomic E-state index is 6.96. The van der Waals surface area contributed by atoms with Crippen LogP contribution in [0.25, 0.3) is 115 Å². The minimum Gasteiger partial charge on any atom is -0.455 e. The molecule has 272 valence electrons. The molecule has 4 nitrogen and oxygen atoms in total. The molecule has 1 aliphatic rings. The van der Waals surface area contributed by atoms with Crippen LogP contribution in [0.1, 0.15) is 0 Å². The average molecular weight is 751 g/mol. The Labute approximate surface area is 337 Å². The molecule has 0 spiro atoms. The summed E-state index contributed by atoms with van der Waals surface area (Å²) in [6, 6.07) is 68.3. The summed E-state index contributed by atoms with van der Waals surface area (Å²) in [5.41, 5.74) is 16.6. The number of furan rings is 2. The molecular weight excluding hydrogens is 719 g/mol. The van der Waals surface area contributed by atoms with Crippen LogP contribution in [0.15, 0.2) is 197 Å². The van der Waals surface area contributed by atoms with Crippen molar-refractivity contribution in [2.45, 2.75) is 0 Å². The summed E-state index contributed by atoms with van der Waals surface area (Å²) in [4.78, 5) is 0. The lowest BCUT2D eigenvalue weighted by Gasteiger charge is -2.28. The molecule has 4 aromatic heterocycles. The first-order valence-electron chi connectivity index (χ1n) is 20.3. The molecule has 5 heteroatoms. The highest BCUT2D eigenvalue weighted by Crippen LogP contribution is 2.46. The average Bonchev–Trinajstić information content (AvgIpc) is 4.05. The molecule has 0 amide bonds. The minimum atomic E-state index is -0.174. The van der Waals surface area contributed by atoms with E-state index in [1.54, 1.807) is 0 Å². The Morgan fingerprint density at radius 1 is 0.356 bits per heavy atom. The van der Waals surface area contributed by atoms with Crippen molar-refractivity contribution in [3.05, 3.63) is 188 Å². The van der Waals surface area contributed by atoms with Crippen molar-refractivity contribution >= 4 is 105 Å². The van der Waals surface area contributed by atoms with Crippen LogP contribution in [-0.2, 0) is 0 Å². The van der Waals surface area contributed by atoms with Gasteiger partial charge in [0, 0.05) is 49.0 Å². The topological polar surface area (TPSA) is 36.1 Å². The summed E-state index contributed by atoms with van der Waals surface area (Å²) in [5.74, 6) is 0. The normalized spacial score (nSPS) is 12.7. The maximum Gasteiger partial charge on any atom is 0.332 e. The van der Waals surface area contributed by atoms with Crippen LogP contribution in [0.4, 0.5) is 0 Å². The molecule has 0 fully saturated rings. The number of hydrogen-bond donors (Lipinski definition) is 0. The van der Waals surface area contributed by atoms with Gasteiger partial charge in [0.15, 0.2) is 0 Å². The number of aromatic nitrogens is 2. The van der Waals surface area contributed by atoms with E-state index in [0.29, 0.717) is 0 Å². The summed E-state index contributed by atoms with van der Waals surface area (Å²) in [5, 5.41) is 9.07. The zero-order valence-corrected chi connectivity index (χ0v) is 31.7. The second-order valence-corrected chi connectivity index (χ2v) is 16.0. The third kappa shape index (κ3) is 4.13. The Morgan fingerprint density at radius 2 is 0.898 bits per heavy atom. The predicted molar refractivity (Wildman–Crippen MR) is 246 cm³/mol. The third-order valence-electron chi connectivity index (χ3n) is 13.0. The molecule has 0 N–H and O–H groups in total. The monoisotopic (exact) mass is 750 g/mol. The van der Waals surface area contributed by atoms with Crippen molar-refractivity contribution in [2.24, 2.45) is 0 Å². The van der Waals surface area contributed by atoms with Gasteiger partial charge in [0.2, 0.25) is 0 Å². The lowest BCUT2D eigenvalue weighted by Crippen LogP contribution is -2.53. The molecule has 0 aliphatic carbocycles. The van der Waals surface area contributed by atoms with Gasteiger partial charge < -0.3 is 17.9 Å². The summed E-state index contributed by atoms with van der Waals surface area (Å²) in [7, 11) is 0. The Bertz CT molecular complexity index is 3810. The first kappa shape index (κ1) is 31.3. The Morgan fingerprint density at radius 3 is 1.56 bits per heavy atom. The number of benzene rings is 9. The Kier molecular flexibility index (Phi) is 6.07. The van der Waals surface area contributed by atoms with Gasteiger partial charge in [-0.05, 0) is 75.6 Å². The molecule has 5 heterocycles. The summed E-state index contributed by atoms with van der Waals surface area (Å²) in [6.07, 6.45) is 0. The minimum absolute atomic E-state index is 0.174. The van der Waals surface area contributed by atoms with E-state index in [4.69, 9.17) is 8.83 Å². The number of fused-ring (bicyclic) bond motifs is 16. The lowest BCUT2D eigenvalue weighted by molar-refractivity contribution is 0.670. The highest BCUT2D eigenvalue weighted by molar-refractivity contribution is 6.88. The molecule has 9 aromatic carbocycles. The van der Waals surface area contributed by atoms with Gasteiger partial charge in [0.25, 0.3) is 0 Å². The lowest BCUT2D eigenvalue weighted by atomic mass is 9.48. The molecule has 0 saturated heterocycles. The summed E-state index contributed by atoms with van der Waals surface area (Å²) < 4.78 is 18.9. The second-order valence-electron chi connectivity index (χ2n) is 16.0. The van der Waals surface area contributed by atoms with Gasteiger partial charge in [-0.1, -0.05) is 146 Å². The molecule has 1 aliphatic heterocycles. The Balaban J connectivity index is 1.20. The van der Waals surface area contributed by atoms with Gasteiger partial charge in [-0.3, -0.25) is 0 Å². The Hall–Kier alpha value is -7.76. The zero-order chi connectivity index (χ0) is 38.3. The largest absolute Gasteiger partial charge is 0.455 e. The van der Waals surface area contributed by atoms with Crippen molar-refractivity contribution in [3.63, 3.8) is 0 Å².